The SMILES string of the molecule is CC(O)(CNC(=O)OCC1c2ccccc2-c2ccccc21)CC1CCCCC1. The van der Waals surface area contributed by atoms with Crippen LogP contribution in [0.25, 0.3) is 11.1 Å². The van der Waals surface area contributed by atoms with E-state index in [9.17, 15) is 9.90 Å². The van der Waals surface area contributed by atoms with Gasteiger partial charge in [-0.25, -0.2) is 4.79 Å². The van der Waals surface area contributed by atoms with Gasteiger partial charge in [-0.05, 0) is 41.5 Å². The van der Waals surface area contributed by atoms with Gasteiger partial charge in [-0.2, -0.15) is 0 Å². The predicted molar refractivity (Wildman–Crippen MR) is 115 cm³/mol. The first-order valence-corrected chi connectivity index (χ1v) is 10.8. The molecule has 2 aliphatic carbocycles. The van der Waals surface area contributed by atoms with Gasteiger partial charge in [-0.3, -0.25) is 0 Å². The molecule has 2 N–H and O–H groups in total. The molecule has 1 fully saturated rings. The monoisotopic (exact) mass is 393 g/mol. The zero-order valence-electron chi connectivity index (χ0n) is 17.2. The highest BCUT2D eigenvalue weighted by atomic mass is 16.5. The van der Waals surface area contributed by atoms with Gasteiger partial charge in [0.1, 0.15) is 6.61 Å². The lowest BCUT2D eigenvalue weighted by molar-refractivity contribution is 0.0265. The number of nitrogens with one attached hydrogen (secondary N) is 1. The topological polar surface area (TPSA) is 58.6 Å². The van der Waals surface area contributed by atoms with Crippen molar-refractivity contribution in [2.24, 2.45) is 5.92 Å². The second-order valence-electron chi connectivity index (χ2n) is 8.88. The van der Waals surface area contributed by atoms with Gasteiger partial charge in [0.2, 0.25) is 0 Å². The first-order chi connectivity index (χ1) is 14.0. The van der Waals surface area contributed by atoms with Gasteiger partial charge in [0.05, 0.1) is 5.60 Å². The number of amides is 1. The van der Waals surface area contributed by atoms with Crippen molar-refractivity contribution in [1.29, 1.82) is 0 Å². The number of rotatable bonds is 6. The zero-order chi connectivity index (χ0) is 20.3. The van der Waals surface area contributed by atoms with Crippen LogP contribution in [0.5, 0.6) is 0 Å². The van der Waals surface area contributed by atoms with Crippen LogP contribution >= 0.6 is 0 Å². The average molecular weight is 394 g/mol. The fourth-order valence-corrected chi connectivity index (χ4v) is 5.00. The summed E-state index contributed by atoms with van der Waals surface area (Å²) in [7, 11) is 0. The van der Waals surface area contributed by atoms with E-state index in [1.807, 2.05) is 31.2 Å². The molecule has 0 heterocycles. The molecule has 4 heteroatoms. The summed E-state index contributed by atoms with van der Waals surface area (Å²) in [6, 6.07) is 16.6. The minimum absolute atomic E-state index is 0.0518. The third-order valence-corrected chi connectivity index (χ3v) is 6.41. The van der Waals surface area contributed by atoms with Crippen molar-refractivity contribution in [1.82, 2.24) is 5.32 Å². The molecule has 0 radical (unpaired) electrons. The van der Waals surface area contributed by atoms with Crippen molar-refractivity contribution in [2.75, 3.05) is 13.2 Å². The summed E-state index contributed by atoms with van der Waals surface area (Å²) >= 11 is 0. The van der Waals surface area contributed by atoms with E-state index in [0.29, 0.717) is 12.5 Å². The predicted octanol–water partition coefficient (Wildman–Crippen LogP) is 5.25. The summed E-state index contributed by atoms with van der Waals surface area (Å²) in [5.74, 6) is 0.610. The molecule has 1 saturated carbocycles. The number of fused-ring (bicyclic) bond motifs is 3. The Balaban J connectivity index is 1.32. The van der Waals surface area contributed by atoms with Crippen molar-refractivity contribution in [2.45, 2.75) is 57.0 Å². The lowest BCUT2D eigenvalue weighted by atomic mass is 9.81. The van der Waals surface area contributed by atoms with Crippen LogP contribution in [0.2, 0.25) is 0 Å². The van der Waals surface area contributed by atoms with E-state index in [4.69, 9.17) is 4.74 Å². The van der Waals surface area contributed by atoms with Gasteiger partial charge < -0.3 is 15.2 Å². The minimum Gasteiger partial charge on any atom is -0.449 e. The van der Waals surface area contributed by atoms with Crippen molar-refractivity contribution in [3.8, 4) is 11.1 Å². The van der Waals surface area contributed by atoms with Crippen molar-refractivity contribution < 1.29 is 14.6 Å². The second kappa shape index (κ2) is 8.58. The maximum atomic E-state index is 12.3. The quantitative estimate of drug-likeness (QED) is 0.705. The van der Waals surface area contributed by atoms with Crippen LogP contribution in [0.4, 0.5) is 4.79 Å². The van der Waals surface area contributed by atoms with E-state index >= 15 is 0 Å². The number of hydrogen-bond donors (Lipinski definition) is 2. The Hall–Kier alpha value is -2.33. The molecule has 29 heavy (non-hydrogen) atoms. The molecule has 1 unspecified atom stereocenters. The fraction of sp³-hybridized carbons (Fsp3) is 0.480. The first-order valence-electron chi connectivity index (χ1n) is 10.8. The molecule has 0 spiro atoms. The van der Waals surface area contributed by atoms with E-state index in [2.05, 4.69) is 29.6 Å². The van der Waals surface area contributed by atoms with Gasteiger partial charge in [-0.15, -0.1) is 0 Å². The summed E-state index contributed by atoms with van der Waals surface area (Å²) in [4.78, 5) is 12.3. The number of hydrogen-bond acceptors (Lipinski definition) is 3. The lowest BCUT2D eigenvalue weighted by Crippen LogP contribution is -2.42. The highest BCUT2D eigenvalue weighted by molar-refractivity contribution is 5.79. The Kier molecular flexibility index (Phi) is 5.91. The van der Waals surface area contributed by atoms with Crippen LogP contribution in [-0.2, 0) is 4.74 Å². The molecule has 0 aromatic heterocycles. The molecule has 2 aromatic carbocycles. The van der Waals surface area contributed by atoms with E-state index in [1.165, 1.54) is 54.4 Å². The van der Waals surface area contributed by atoms with Gasteiger partial charge >= 0.3 is 6.09 Å². The third kappa shape index (κ3) is 4.64. The maximum absolute atomic E-state index is 12.3. The Morgan fingerprint density at radius 2 is 1.62 bits per heavy atom. The Morgan fingerprint density at radius 3 is 2.24 bits per heavy atom. The Labute approximate surface area is 173 Å². The van der Waals surface area contributed by atoms with E-state index in [1.54, 1.807) is 0 Å². The van der Waals surface area contributed by atoms with Crippen LogP contribution in [0.3, 0.4) is 0 Å². The Morgan fingerprint density at radius 1 is 1.03 bits per heavy atom. The van der Waals surface area contributed by atoms with Crippen molar-refractivity contribution in [3.63, 3.8) is 0 Å². The van der Waals surface area contributed by atoms with E-state index in [0.717, 1.165) is 6.42 Å². The van der Waals surface area contributed by atoms with Crippen LogP contribution < -0.4 is 5.32 Å². The molecule has 1 atom stereocenters. The molecule has 2 aromatic rings. The molecule has 0 aliphatic heterocycles. The molecule has 4 nitrogen and oxygen atoms in total. The highest BCUT2D eigenvalue weighted by Crippen LogP contribution is 2.44. The summed E-state index contributed by atoms with van der Waals surface area (Å²) < 4.78 is 5.56. The maximum Gasteiger partial charge on any atom is 0.407 e. The smallest absolute Gasteiger partial charge is 0.407 e. The molecular formula is C25H31NO3. The molecule has 2 aliphatic rings. The van der Waals surface area contributed by atoms with Gasteiger partial charge in [0.25, 0.3) is 0 Å². The van der Waals surface area contributed by atoms with Crippen molar-refractivity contribution in [3.05, 3.63) is 59.7 Å². The largest absolute Gasteiger partial charge is 0.449 e. The van der Waals surface area contributed by atoms with E-state index < -0.39 is 11.7 Å². The van der Waals surface area contributed by atoms with Gasteiger partial charge in [-0.1, -0.05) is 80.6 Å². The minimum atomic E-state index is -0.895. The van der Waals surface area contributed by atoms with Crippen LogP contribution in [-0.4, -0.2) is 30.0 Å². The van der Waals surface area contributed by atoms with E-state index in [-0.39, 0.29) is 12.5 Å². The third-order valence-electron chi connectivity index (χ3n) is 6.41. The fourth-order valence-electron chi connectivity index (χ4n) is 5.00. The van der Waals surface area contributed by atoms with Crippen LogP contribution in [0.15, 0.2) is 48.5 Å². The number of carbonyl (C=O) groups is 1. The summed E-state index contributed by atoms with van der Waals surface area (Å²) in [5, 5.41) is 13.5. The normalized spacial score (nSPS) is 18.6. The molecule has 4 rings (SSSR count). The van der Waals surface area contributed by atoms with Crippen LogP contribution in [0.1, 0.15) is 62.5 Å². The molecule has 0 saturated heterocycles. The number of carbonyl (C=O) groups excluding carboxylic acids is 1. The molecule has 1 amide bonds. The molecule has 154 valence electrons. The summed E-state index contributed by atoms with van der Waals surface area (Å²) in [6.07, 6.45) is 6.44. The van der Waals surface area contributed by atoms with Crippen LogP contribution in [0, 0.1) is 5.92 Å². The summed E-state index contributed by atoms with van der Waals surface area (Å²) in [5.41, 5.74) is 3.93. The molecular weight excluding hydrogens is 362 g/mol. The van der Waals surface area contributed by atoms with Gasteiger partial charge in [0, 0.05) is 12.5 Å². The average Bonchev–Trinajstić information content (AvgIpc) is 3.05. The molecule has 0 bridgehead atoms. The first kappa shape index (κ1) is 20.0. The zero-order valence-corrected chi connectivity index (χ0v) is 17.2. The number of ether oxygens (including phenoxy) is 1. The standard InChI is InChI=1S/C25H31NO3/c1-25(28,15-18-9-3-2-4-10-18)17-26-24(27)29-16-23-21-13-7-5-11-19(21)20-12-6-8-14-22(20)23/h5-8,11-14,18,23,28H,2-4,9-10,15-17H2,1H3,(H,26,27). The van der Waals surface area contributed by atoms with Crippen molar-refractivity contribution >= 4 is 6.09 Å². The lowest BCUT2D eigenvalue weighted by Gasteiger charge is -2.30. The highest BCUT2D eigenvalue weighted by Gasteiger charge is 2.30. The number of aliphatic hydroxyl groups is 1. The number of alkyl carbamates (subject to hydrolysis) is 1. The second-order valence-corrected chi connectivity index (χ2v) is 8.88. The summed E-state index contributed by atoms with van der Waals surface area (Å²) in [6.45, 7) is 2.33. The Bertz CT molecular complexity index is 809. The van der Waals surface area contributed by atoms with Gasteiger partial charge in [0.15, 0.2) is 0 Å². The number of benzene rings is 2.